The summed E-state index contributed by atoms with van der Waals surface area (Å²) in [5, 5.41) is 3.01. The Labute approximate surface area is 84.8 Å². The highest BCUT2D eigenvalue weighted by atomic mass is 16.2. The maximum Gasteiger partial charge on any atom is 0.237 e. The van der Waals surface area contributed by atoms with E-state index in [0.29, 0.717) is 6.04 Å². The summed E-state index contributed by atoms with van der Waals surface area (Å²) >= 11 is 0. The van der Waals surface area contributed by atoms with Crippen LogP contribution in [0, 0.1) is 0 Å². The Morgan fingerprint density at radius 2 is 2.14 bits per heavy atom. The van der Waals surface area contributed by atoms with E-state index >= 15 is 0 Å². The third-order valence-corrected chi connectivity index (χ3v) is 2.98. The fourth-order valence-electron chi connectivity index (χ4n) is 1.87. The van der Waals surface area contributed by atoms with E-state index < -0.39 is 0 Å². The Morgan fingerprint density at radius 3 is 2.57 bits per heavy atom. The number of nitrogens with zero attached hydrogens (tertiary/aromatic N) is 1. The first-order valence-electron chi connectivity index (χ1n) is 5.31. The number of carbonyl (C=O) groups excluding carboxylic acids is 1. The zero-order valence-electron chi connectivity index (χ0n) is 8.92. The second-order valence-corrected chi connectivity index (χ2v) is 5.02. The molecular weight excluding hydrogens is 178 g/mol. The molecule has 0 bridgehead atoms. The maximum absolute atomic E-state index is 11.6. The minimum Gasteiger partial charge on any atom is -0.352 e. The van der Waals surface area contributed by atoms with Crippen LogP contribution in [0.4, 0.5) is 0 Å². The molecule has 4 heteroatoms. The van der Waals surface area contributed by atoms with Crippen molar-refractivity contribution in [3.05, 3.63) is 0 Å². The molecule has 1 unspecified atom stereocenters. The van der Waals surface area contributed by atoms with Gasteiger partial charge in [0, 0.05) is 24.7 Å². The van der Waals surface area contributed by atoms with Crippen molar-refractivity contribution in [2.45, 2.75) is 44.3 Å². The maximum atomic E-state index is 11.6. The van der Waals surface area contributed by atoms with Crippen LogP contribution in [0.15, 0.2) is 0 Å². The van der Waals surface area contributed by atoms with E-state index in [9.17, 15) is 4.79 Å². The van der Waals surface area contributed by atoms with Gasteiger partial charge in [-0.1, -0.05) is 0 Å². The fourth-order valence-corrected chi connectivity index (χ4v) is 1.87. The first-order chi connectivity index (χ1) is 6.48. The van der Waals surface area contributed by atoms with Crippen LogP contribution in [0.1, 0.15) is 26.7 Å². The molecule has 0 aromatic heterocycles. The third-order valence-electron chi connectivity index (χ3n) is 2.98. The highest BCUT2D eigenvalue weighted by Gasteiger charge is 2.40. The third kappa shape index (κ3) is 2.07. The molecule has 3 N–H and O–H groups in total. The average Bonchev–Trinajstić information content (AvgIpc) is 2.82. The number of nitrogens with one attached hydrogen (secondary N) is 1. The van der Waals surface area contributed by atoms with Gasteiger partial charge in [0.05, 0.1) is 6.04 Å². The molecule has 1 saturated heterocycles. The van der Waals surface area contributed by atoms with Crippen LogP contribution in [0.3, 0.4) is 0 Å². The molecule has 0 spiro atoms. The van der Waals surface area contributed by atoms with Gasteiger partial charge in [0.1, 0.15) is 0 Å². The lowest BCUT2D eigenvalue weighted by Crippen LogP contribution is -2.69. The molecule has 2 rings (SSSR count). The van der Waals surface area contributed by atoms with Crippen molar-refractivity contribution in [1.29, 1.82) is 0 Å². The van der Waals surface area contributed by atoms with Gasteiger partial charge >= 0.3 is 0 Å². The second kappa shape index (κ2) is 3.21. The lowest BCUT2D eigenvalue weighted by atomic mass is 9.92. The molecule has 2 fully saturated rings. The number of rotatable bonds is 3. The van der Waals surface area contributed by atoms with Gasteiger partial charge in [-0.3, -0.25) is 9.69 Å². The summed E-state index contributed by atoms with van der Waals surface area (Å²) in [7, 11) is 0. The van der Waals surface area contributed by atoms with E-state index in [1.165, 1.54) is 0 Å². The van der Waals surface area contributed by atoms with Crippen LogP contribution in [0.25, 0.3) is 0 Å². The monoisotopic (exact) mass is 197 g/mol. The van der Waals surface area contributed by atoms with Crippen LogP contribution in [0.2, 0.25) is 0 Å². The molecule has 14 heavy (non-hydrogen) atoms. The summed E-state index contributed by atoms with van der Waals surface area (Å²) in [5.41, 5.74) is 5.80. The molecule has 0 radical (unpaired) electrons. The van der Waals surface area contributed by atoms with Gasteiger partial charge in [0.25, 0.3) is 0 Å². The molecule has 80 valence electrons. The number of likely N-dealkylation sites (tertiary alicyclic amines) is 1. The average molecular weight is 197 g/mol. The lowest BCUT2D eigenvalue weighted by molar-refractivity contribution is -0.128. The smallest absolute Gasteiger partial charge is 0.237 e. The highest BCUT2D eigenvalue weighted by molar-refractivity contribution is 5.82. The van der Waals surface area contributed by atoms with Crippen LogP contribution in [-0.2, 0) is 4.79 Å². The number of amides is 1. The van der Waals surface area contributed by atoms with Gasteiger partial charge in [0.15, 0.2) is 0 Å². The SMILES string of the molecule is CC(C(=O)NC1CC1)N1CC(C)(N)C1. The predicted molar refractivity (Wildman–Crippen MR) is 54.8 cm³/mol. The summed E-state index contributed by atoms with van der Waals surface area (Å²) < 4.78 is 0. The first kappa shape index (κ1) is 9.93. The van der Waals surface area contributed by atoms with Crippen molar-refractivity contribution in [3.8, 4) is 0 Å². The van der Waals surface area contributed by atoms with Gasteiger partial charge in [0.2, 0.25) is 5.91 Å². The number of hydrogen-bond donors (Lipinski definition) is 2. The fraction of sp³-hybridized carbons (Fsp3) is 0.900. The van der Waals surface area contributed by atoms with Gasteiger partial charge in [-0.05, 0) is 26.7 Å². The van der Waals surface area contributed by atoms with Crippen molar-refractivity contribution in [3.63, 3.8) is 0 Å². The quantitative estimate of drug-likeness (QED) is 0.652. The predicted octanol–water partition coefficient (Wildman–Crippen LogP) is -0.313. The van der Waals surface area contributed by atoms with E-state index in [-0.39, 0.29) is 17.5 Å². The van der Waals surface area contributed by atoms with Crippen LogP contribution < -0.4 is 11.1 Å². The summed E-state index contributed by atoms with van der Waals surface area (Å²) in [6.07, 6.45) is 2.29. The Kier molecular flexibility index (Phi) is 2.27. The number of nitrogens with two attached hydrogens (primary N) is 1. The topological polar surface area (TPSA) is 58.4 Å². The van der Waals surface area contributed by atoms with Crippen molar-refractivity contribution in [2.24, 2.45) is 5.73 Å². The normalized spacial score (nSPS) is 27.9. The molecule has 1 saturated carbocycles. The van der Waals surface area contributed by atoms with E-state index in [2.05, 4.69) is 10.2 Å². The molecule has 4 nitrogen and oxygen atoms in total. The van der Waals surface area contributed by atoms with Crippen molar-refractivity contribution >= 4 is 5.91 Å². The zero-order valence-corrected chi connectivity index (χ0v) is 8.92. The summed E-state index contributed by atoms with van der Waals surface area (Å²) in [5.74, 6) is 0.156. The molecule has 0 aromatic carbocycles. The van der Waals surface area contributed by atoms with Crippen molar-refractivity contribution in [2.75, 3.05) is 13.1 Å². The minimum atomic E-state index is -0.0892. The Bertz CT molecular complexity index is 240. The van der Waals surface area contributed by atoms with E-state index in [1.54, 1.807) is 0 Å². The minimum absolute atomic E-state index is 0.0211. The van der Waals surface area contributed by atoms with Crippen LogP contribution in [0.5, 0.6) is 0 Å². The second-order valence-electron chi connectivity index (χ2n) is 5.02. The molecule has 1 heterocycles. The molecule has 2 aliphatic rings. The standard InChI is InChI=1S/C10H19N3O/c1-7(9(14)12-8-3-4-8)13-5-10(2,11)6-13/h7-8H,3-6,11H2,1-2H3,(H,12,14). The van der Waals surface area contributed by atoms with Crippen LogP contribution >= 0.6 is 0 Å². The Hall–Kier alpha value is -0.610. The first-order valence-corrected chi connectivity index (χ1v) is 5.31. The van der Waals surface area contributed by atoms with Gasteiger partial charge < -0.3 is 11.1 Å². The Balaban J connectivity index is 1.77. The molecule has 1 aliphatic carbocycles. The van der Waals surface area contributed by atoms with E-state index in [1.807, 2.05) is 13.8 Å². The lowest BCUT2D eigenvalue weighted by Gasteiger charge is -2.47. The molecule has 1 atom stereocenters. The van der Waals surface area contributed by atoms with Crippen LogP contribution in [-0.4, -0.2) is 41.5 Å². The molecular formula is C10H19N3O. The van der Waals surface area contributed by atoms with Gasteiger partial charge in [-0.15, -0.1) is 0 Å². The summed E-state index contributed by atoms with van der Waals surface area (Å²) in [6, 6.07) is 0.433. The van der Waals surface area contributed by atoms with Gasteiger partial charge in [-0.2, -0.15) is 0 Å². The highest BCUT2D eigenvalue weighted by Crippen LogP contribution is 2.22. The van der Waals surface area contributed by atoms with Gasteiger partial charge in [-0.25, -0.2) is 0 Å². The number of hydrogen-bond acceptors (Lipinski definition) is 3. The summed E-state index contributed by atoms with van der Waals surface area (Å²) in [6.45, 7) is 5.63. The molecule has 1 aliphatic heterocycles. The zero-order chi connectivity index (χ0) is 10.3. The van der Waals surface area contributed by atoms with E-state index in [0.717, 1.165) is 25.9 Å². The van der Waals surface area contributed by atoms with E-state index in [4.69, 9.17) is 5.73 Å². The largest absolute Gasteiger partial charge is 0.352 e. The van der Waals surface area contributed by atoms with Crippen molar-refractivity contribution in [1.82, 2.24) is 10.2 Å². The number of carbonyl (C=O) groups is 1. The Morgan fingerprint density at radius 1 is 1.57 bits per heavy atom. The molecule has 0 aromatic rings. The molecule has 1 amide bonds. The summed E-state index contributed by atoms with van der Waals surface area (Å²) in [4.78, 5) is 13.8. The van der Waals surface area contributed by atoms with Crippen molar-refractivity contribution < 1.29 is 4.79 Å².